The predicted octanol–water partition coefficient (Wildman–Crippen LogP) is 0.817. The summed E-state index contributed by atoms with van der Waals surface area (Å²) in [6.07, 6.45) is 0. The summed E-state index contributed by atoms with van der Waals surface area (Å²) >= 11 is 1.76. The van der Waals surface area contributed by atoms with Crippen LogP contribution in [0.4, 0.5) is 0 Å². The molecule has 1 amide bonds. The Morgan fingerprint density at radius 3 is 2.54 bits per heavy atom. The summed E-state index contributed by atoms with van der Waals surface area (Å²) in [5.41, 5.74) is 7.01. The molecule has 1 aliphatic heterocycles. The molecule has 0 aromatic heterocycles. The Labute approximate surface area is 148 Å². The fourth-order valence-corrected chi connectivity index (χ4v) is 5.04. The summed E-state index contributed by atoms with van der Waals surface area (Å²) in [7, 11) is -3.30. The minimum Gasteiger partial charge on any atom is -0.355 e. The molecule has 3 N–H and O–H groups in total. The number of benzene rings is 1. The Bertz CT molecular complexity index is 631. The zero-order valence-electron chi connectivity index (χ0n) is 13.8. The zero-order valence-corrected chi connectivity index (χ0v) is 15.5. The number of hydrogen-bond acceptors (Lipinski definition) is 5. The van der Waals surface area contributed by atoms with Crippen molar-refractivity contribution in [3.8, 4) is 0 Å². The molecule has 2 atom stereocenters. The molecule has 1 heterocycles. The van der Waals surface area contributed by atoms with Crippen LogP contribution >= 0.6 is 11.8 Å². The lowest BCUT2D eigenvalue weighted by Gasteiger charge is -2.26. The Balaban J connectivity index is 1.82. The number of nitrogens with zero attached hydrogens (tertiary/aromatic N) is 1. The van der Waals surface area contributed by atoms with E-state index in [1.807, 2.05) is 30.3 Å². The third kappa shape index (κ3) is 5.20. The summed E-state index contributed by atoms with van der Waals surface area (Å²) in [5, 5.41) is 2.70. The number of carbonyl (C=O) groups is 1. The average molecular weight is 372 g/mol. The van der Waals surface area contributed by atoms with Gasteiger partial charge in [-0.2, -0.15) is 11.8 Å². The van der Waals surface area contributed by atoms with Gasteiger partial charge in [0, 0.05) is 37.2 Å². The van der Waals surface area contributed by atoms with Crippen molar-refractivity contribution in [2.24, 2.45) is 11.7 Å². The monoisotopic (exact) mass is 371 g/mol. The van der Waals surface area contributed by atoms with Crippen molar-refractivity contribution < 1.29 is 13.2 Å². The van der Waals surface area contributed by atoms with Crippen LogP contribution in [-0.2, 0) is 14.8 Å². The van der Waals surface area contributed by atoms with Crippen molar-refractivity contribution in [2.45, 2.75) is 13.0 Å². The van der Waals surface area contributed by atoms with E-state index in [0.29, 0.717) is 13.1 Å². The van der Waals surface area contributed by atoms with Crippen LogP contribution in [0.1, 0.15) is 18.5 Å². The molecule has 2 rings (SSSR count). The molecular weight excluding hydrogens is 346 g/mol. The molecule has 1 aromatic rings. The first-order chi connectivity index (χ1) is 11.4. The normalized spacial score (nSPS) is 18.8. The van der Waals surface area contributed by atoms with E-state index in [1.54, 1.807) is 18.7 Å². The van der Waals surface area contributed by atoms with Crippen LogP contribution in [0.5, 0.6) is 0 Å². The van der Waals surface area contributed by atoms with E-state index in [0.717, 1.165) is 17.1 Å². The molecule has 1 aliphatic rings. The van der Waals surface area contributed by atoms with E-state index < -0.39 is 22.0 Å². The van der Waals surface area contributed by atoms with Crippen LogP contribution in [0.15, 0.2) is 30.3 Å². The van der Waals surface area contributed by atoms with Crippen LogP contribution in [0.25, 0.3) is 0 Å². The van der Waals surface area contributed by atoms with Crippen molar-refractivity contribution in [1.29, 1.82) is 0 Å². The number of thioether (sulfide) groups is 1. The molecule has 6 nitrogen and oxygen atoms in total. The van der Waals surface area contributed by atoms with Crippen molar-refractivity contribution in [3.63, 3.8) is 0 Å². The highest BCUT2D eigenvalue weighted by Gasteiger charge is 2.25. The van der Waals surface area contributed by atoms with Gasteiger partial charge in [-0.25, -0.2) is 12.7 Å². The lowest BCUT2D eigenvalue weighted by atomic mass is 9.95. The molecule has 2 unspecified atom stereocenters. The quantitative estimate of drug-likeness (QED) is 0.740. The summed E-state index contributed by atoms with van der Waals surface area (Å²) in [6, 6.07) is 9.00. The minimum atomic E-state index is -3.30. The number of carbonyl (C=O) groups excluding carboxylic acids is 1. The molecule has 0 aliphatic carbocycles. The van der Waals surface area contributed by atoms with Gasteiger partial charge in [-0.05, 0) is 5.56 Å². The number of amides is 1. The number of nitrogens with one attached hydrogen (secondary N) is 1. The second kappa shape index (κ2) is 8.84. The third-order valence-electron chi connectivity index (χ3n) is 4.16. The van der Waals surface area contributed by atoms with Gasteiger partial charge in [0.15, 0.2) is 0 Å². The number of rotatable bonds is 7. The van der Waals surface area contributed by atoms with Gasteiger partial charge in [0.25, 0.3) is 0 Å². The topological polar surface area (TPSA) is 92.5 Å². The van der Waals surface area contributed by atoms with E-state index in [2.05, 4.69) is 5.32 Å². The van der Waals surface area contributed by atoms with Crippen molar-refractivity contribution in [3.05, 3.63) is 35.9 Å². The van der Waals surface area contributed by atoms with Gasteiger partial charge < -0.3 is 11.1 Å². The largest absolute Gasteiger partial charge is 0.355 e. The fraction of sp³-hybridized carbons (Fsp3) is 0.562. The molecule has 0 spiro atoms. The van der Waals surface area contributed by atoms with E-state index in [4.69, 9.17) is 5.73 Å². The molecule has 1 fully saturated rings. The average Bonchev–Trinajstić information content (AvgIpc) is 2.61. The molecule has 0 saturated carbocycles. The Morgan fingerprint density at radius 2 is 1.92 bits per heavy atom. The zero-order chi connectivity index (χ0) is 17.6. The summed E-state index contributed by atoms with van der Waals surface area (Å²) in [6.45, 7) is 2.96. The lowest BCUT2D eigenvalue weighted by Crippen LogP contribution is -2.43. The van der Waals surface area contributed by atoms with Crippen LogP contribution in [-0.4, -0.2) is 55.5 Å². The van der Waals surface area contributed by atoms with Gasteiger partial charge in [-0.15, -0.1) is 0 Å². The summed E-state index contributed by atoms with van der Waals surface area (Å²) in [4.78, 5) is 12.2. The molecule has 134 valence electrons. The van der Waals surface area contributed by atoms with Gasteiger partial charge in [-0.1, -0.05) is 37.3 Å². The first-order valence-corrected chi connectivity index (χ1v) is 10.8. The predicted molar refractivity (Wildman–Crippen MR) is 98.2 cm³/mol. The SMILES string of the molecule is CC(C(=O)NCCS(=O)(=O)N1CCSCC1)C(N)c1ccccc1. The van der Waals surface area contributed by atoms with E-state index in [-0.39, 0.29) is 18.2 Å². The highest BCUT2D eigenvalue weighted by Crippen LogP contribution is 2.19. The Morgan fingerprint density at radius 1 is 1.29 bits per heavy atom. The maximum atomic E-state index is 12.2. The second-order valence-electron chi connectivity index (χ2n) is 5.84. The minimum absolute atomic E-state index is 0.0727. The smallest absolute Gasteiger partial charge is 0.224 e. The van der Waals surface area contributed by atoms with Gasteiger partial charge >= 0.3 is 0 Å². The van der Waals surface area contributed by atoms with Crippen LogP contribution in [0.3, 0.4) is 0 Å². The standard InChI is InChI=1S/C16H25N3O3S2/c1-13(15(17)14-5-3-2-4-6-14)16(20)18-7-12-24(21,22)19-8-10-23-11-9-19/h2-6,13,15H,7-12,17H2,1H3,(H,18,20). The van der Waals surface area contributed by atoms with E-state index in [1.165, 1.54) is 4.31 Å². The first-order valence-electron chi connectivity index (χ1n) is 8.05. The van der Waals surface area contributed by atoms with Crippen LogP contribution < -0.4 is 11.1 Å². The van der Waals surface area contributed by atoms with E-state index in [9.17, 15) is 13.2 Å². The molecule has 0 bridgehead atoms. The van der Waals surface area contributed by atoms with Gasteiger partial charge in [-0.3, -0.25) is 4.79 Å². The highest BCUT2D eigenvalue weighted by molar-refractivity contribution is 7.99. The molecule has 24 heavy (non-hydrogen) atoms. The molecule has 1 saturated heterocycles. The summed E-state index contributed by atoms with van der Waals surface area (Å²) in [5.74, 6) is 0.928. The van der Waals surface area contributed by atoms with Crippen molar-refractivity contribution >= 4 is 27.7 Å². The first kappa shape index (κ1) is 19.2. The Kier molecular flexibility index (Phi) is 7.09. The number of sulfonamides is 1. The molecule has 8 heteroatoms. The third-order valence-corrected chi connectivity index (χ3v) is 6.97. The van der Waals surface area contributed by atoms with Crippen LogP contribution in [0, 0.1) is 5.92 Å². The van der Waals surface area contributed by atoms with E-state index >= 15 is 0 Å². The molecular formula is C16H25N3O3S2. The van der Waals surface area contributed by atoms with Crippen molar-refractivity contribution in [1.82, 2.24) is 9.62 Å². The van der Waals surface area contributed by atoms with Gasteiger partial charge in [0.05, 0.1) is 11.7 Å². The number of nitrogens with two attached hydrogens (primary N) is 1. The molecule has 0 radical (unpaired) electrons. The number of hydrogen-bond donors (Lipinski definition) is 2. The van der Waals surface area contributed by atoms with Crippen molar-refractivity contribution in [2.75, 3.05) is 36.9 Å². The maximum Gasteiger partial charge on any atom is 0.224 e. The second-order valence-corrected chi connectivity index (χ2v) is 9.16. The maximum absolute atomic E-state index is 12.2. The molecule has 1 aromatic carbocycles. The summed E-state index contributed by atoms with van der Waals surface area (Å²) < 4.78 is 26.0. The highest BCUT2D eigenvalue weighted by atomic mass is 32.2. The van der Waals surface area contributed by atoms with Gasteiger partial charge in [0.2, 0.25) is 15.9 Å². The lowest BCUT2D eigenvalue weighted by molar-refractivity contribution is -0.125. The van der Waals surface area contributed by atoms with Crippen LogP contribution in [0.2, 0.25) is 0 Å². The Hall–Kier alpha value is -1.09. The fourth-order valence-electron chi connectivity index (χ4n) is 2.55. The van der Waals surface area contributed by atoms with Gasteiger partial charge in [0.1, 0.15) is 0 Å².